The molecule has 144 valence electrons. The van der Waals surface area contributed by atoms with E-state index >= 15 is 0 Å². The first-order chi connectivity index (χ1) is 13.6. The Balaban J connectivity index is 1.64. The Morgan fingerprint density at radius 2 is 1.75 bits per heavy atom. The van der Waals surface area contributed by atoms with E-state index in [1.165, 1.54) is 0 Å². The number of nitrogens with one attached hydrogen (secondary N) is 1. The van der Waals surface area contributed by atoms with Gasteiger partial charge in [-0.05, 0) is 31.2 Å². The molecule has 2 aromatic rings. The molecule has 1 heterocycles. The van der Waals surface area contributed by atoms with Crippen molar-refractivity contribution >= 4 is 23.4 Å². The van der Waals surface area contributed by atoms with E-state index in [-0.39, 0.29) is 12.0 Å². The minimum atomic E-state index is -0.341. The number of piperazine rings is 1. The molecule has 2 aromatic carbocycles. The molecule has 2 amide bonds. The van der Waals surface area contributed by atoms with Crippen molar-refractivity contribution < 1.29 is 14.3 Å². The number of amides is 2. The third-order valence-electron chi connectivity index (χ3n) is 4.60. The summed E-state index contributed by atoms with van der Waals surface area (Å²) in [6.07, 6.45) is 0. The SMILES string of the molecule is CCOC(=O)c1ccccc1N1CCN(C(=O)Nc2ccccc2C#N)CC1. The standard InChI is InChI=1S/C21H22N4O3/c1-2-28-20(26)17-8-4-6-10-19(17)24-11-13-25(14-12-24)21(27)23-18-9-5-3-7-16(18)15-22/h3-10H,2,11-14H2,1H3,(H,23,27). The smallest absolute Gasteiger partial charge is 0.340 e. The fourth-order valence-electron chi connectivity index (χ4n) is 3.17. The monoisotopic (exact) mass is 378 g/mol. The van der Waals surface area contributed by atoms with E-state index in [0.717, 1.165) is 5.69 Å². The highest BCUT2D eigenvalue weighted by Crippen LogP contribution is 2.23. The maximum atomic E-state index is 12.6. The number of urea groups is 1. The maximum absolute atomic E-state index is 12.6. The molecule has 0 unspecified atom stereocenters. The molecule has 1 aliphatic rings. The second-order valence-electron chi connectivity index (χ2n) is 6.30. The molecule has 0 bridgehead atoms. The molecule has 1 saturated heterocycles. The first kappa shape index (κ1) is 19.2. The van der Waals surface area contributed by atoms with Gasteiger partial charge in [0.2, 0.25) is 0 Å². The Kier molecular flexibility index (Phi) is 6.12. The number of para-hydroxylation sites is 2. The summed E-state index contributed by atoms with van der Waals surface area (Å²) >= 11 is 0. The molecule has 28 heavy (non-hydrogen) atoms. The number of nitriles is 1. The van der Waals surface area contributed by atoms with Gasteiger partial charge in [0, 0.05) is 26.2 Å². The quantitative estimate of drug-likeness (QED) is 0.827. The molecule has 0 atom stereocenters. The Labute approximate surface area is 164 Å². The van der Waals surface area contributed by atoms with Crippen LogP contribution in [0.3, 0.4) is 0 Å². The number of carbonyl (C=O) groups excluding carboxylic acids is 2. The van der Waals surface area contributed by atoms with Crippen molar-refractivity contribution in [1.29, 1.82) is 5.26 Å². The van der Waals surface area contributed by atoms with Crippen molar-refractivity contribution in [3.8, 4) is 6.07 Å². The zero-order valence-electron chi connectivity index (χ0n) is 15.7. The van der Waals surface area contributed by atoms with E-state index in [9.17, 15) is 9.59 Å². The van der Waals surface area contributed by atoms with E-state index in [1.807, 2.05) is 18.2 Å². The van der Waals surface area contributed by atoms with Gasteiger partial charge in [-0.3, -0.25) is 0 Å². The number of hydrogen-bond acceptors (Lipinski definition) is 5. The van der Waals surface area contributed by atoms with Crippen LogP contribution in [0.4, 0.5) is 16.2 Å². The summed E-state index contributed by atoms with van der Waals surface area (Å²) in [4.78, 5) is 28.5. The summed E-state index contributed by atoms with van der Waals surface area (Å²) < 4.78 is 5.14. The lowest BCUT2D eigenvalue weighted by atomic mass is 10.1. The van der Waals surface area contributed by atoms with Crippen LogP contribution >= 0.6 is 0 Å². The normalized spacial score (nSPS) is 13.6. The number of benzene rings is 2. The fourth-order valence-corrected chi connectivity index (χ4v) is 3.17. The van der Waals surface area contributed by atoms with Gasteiger partial charge in [-0.2, -0.15) is 5.26 Å². The highest BCUT2D eigenvalue weighted by atomic mass is 16.5. The van der Waals surface area contributed by atoms with Gasteiger partial charge < -0.3 is 19.9 Å². The summed E-state index contributed by atoms with van der Waals surface area (Å²) in [5.41, 5.74) is 2.28. The van der Waals surface area contributed by atoms with Crippen molar-refractivity contribution in [2.24, 2.45) is 0 Å². The first-order valence-corrected chi connectivity index (χ1v) is 9.20. The Morgan fingerprint density at radius 1 is 1.07 bits per heavy atom. The van der Waals surface area contributed by atoms with Gasteiger partial charge in [-0.1, -0.05) is 24.3 Å². The number of ether oxygens (including phenoxy) is 1. The molecule has 7 nitrogen and oxygen atoms in total. The molecule has 1 fully saturated rings. The zero-order valence-corrected chi connectivity index (χ0v) is 15.7. The van der Waals surface area contributed by atoms with E-state index in [2.05, 4.69) is 16.3 Å². The molecular formula is C21H22N4O3. The molecule has 0 aromatic heterocycles. The van der Waals surface area contributed by atoms with Crippen LogP contribution in [0.15, 0.2) is 48.5 Å². The lowest BCUT2D eigenvalue weighted by molar-refractivity contribution is 0.0527. The topological polar surface area (TPSA) is 85.7 Å². The second-order valence-corrected chi connectivity index (χ2v) is 6.30. The van der Waals surface area contributed by atoms with Gasteiger partial charge in [0.05, 0.1) is 29.1 Å². The molecule has 7 heteroatoms. The molecule has 0 spiro atoms. The summed E-state index contributed by atoms with van der Waals surface area (Å²) in [5, 5.41) is 12.0. The lowest BCUT2D eigenvalue weighted by Crippen LogP contribution is -2.50. The van der Waals surface area contributed by atoms with Crippen LogP contribution in [-0.2, 0) is 4.74 Å². The van der Waals surface area contributed by atoms with E-state index in [0.29, 0.717) is 49.6 Å². The fraction of sp³-hybridized carbons (Fsp3) is 0.286. The van der Waals surface area contributed by atoms with E-state index < -0.39 is 0 Å². The number of hydrogen-bond donors (Lipinski definition) is 1. The first-order valence-electron chi connectivity index (χ1n) is 9.20. The highest BCUT2D eigenvalue weighted by Gasteiger charge is 2.24. The van der Waals surface area contributed by atoms with Gasteiger partial charge in [0.15, 0.2) is 0 Å². The lowest BCUT2D eigenvalue weighted by Gasteiger charge is -2.36. The second kappa shape index (κ2) is 8.91. The van der Waals surface area contributed by atoms with Crippen molar-refractivity contribution in [1.82, 2.24) is 4.90 Å². The number of esters is 1. The van der Waals surface area contributed by atoms with Crippen LogP contribution in [-0.4, -0.2) is 49.7 Å². The van der Waals surface area contributed by atoms with Crippen LogP contribution < -0.4 is 10.2 Å². The van der Waals surface area contributed by atoms with Crippen LogP contribution in [0.2, 0.25) is 0 Å². The molecule has 3 rings (SSSR count). The Bertz CT molecular complexity index is 899. The third-order valence-corrected chi connectivity index (χ3v) is 4.60. The van der Waals surface area contributed by atoms with Crippen molar-refractivity contribution in [3.63, 3.8) is 0 Å². The van der Waals surface area contributed by atoms with Gasteiger partial charge in [0.25, 0.3) is 0 Å². The van der Waals surface area contributed by atoms with Gasteiger partial charge in [-0.25, -0.2) is 9.59 Å². The summed E-state index contributed by atoms with van der Waals surface area (Å²) in [6.45, 7) is 4.33. The van der Waals surface area contributed by atoms with Crippen LogP contribution in [0, 0.1) is 11.3 Å². The average Bonchev–Trinajstić information content (AvgIpc) is 2.74. The number of carbonyl (C=O) groups is 2. The third kappa shape index (κ3) is 4.23. The molecule has 0 aliphatic carbocycles. The minimum absolute atomic E-state index is 0.235. The summed E-state index contributed by atoms with van der Waals surface area (Å²) in [6, 6.07) is 16.1. The molecule has 1 N–H and O–H groups in total. The number of anilines is 2. The van der Waals surface area contributed by atoms with Crippen molar-refractivity contribution in [2.45, 2.75) is 6.92 Å². The Hall–Kier alpha value is -3.53. The van der Waals surface area contributed by atoms with Gasteiger partial charge >= 0.3 is 12.0 Å². The van der Waals surface area contributed by atoms with Crippen molar-refractivity contribution in [2.75, 3.05) is 43.0 Å². The van der Waals surface area contributed by atoms with E-state index in [4.69, 9.17) is 10.00 Å². The van der Waals surface area contributed by atoms with Gasteiger partial charge in [-0.15, -0.1) is 0 Å². The average molecular weight is 378 g/mol. The minimum Gasteiger partial charge on any atom is -0.462 e. The molecule has 0 saturated carbocycles. The van der Waals surface area contributed by atoms with Crippen molar-refractivity contribution in [3.05, 3.63) is 59.7 Å². The number of nitrogens with zero attached hydrogens (tertiary/aromatic N) is 3. The van der Waals surface area contributed by atoms with Crippen LogP contribution in [0.25, 0.3) is 0 Å². The predicted octanol–water partition coefficient (Wildman–Crippen LogP) is 3.09. The molecule has 0 radical (unpaired) electrons. The summed E-state index contributed by atoms with van der Waals surface area (Å²) in [5.74, 6) is -0.341. The zero-order chi connectivity index (χ0) is 19.9. The Morgan fingerprint density at radius 3 is 2.46 bits per heavy atom. The van der Waals surface area contributed by atoms with Gasteiger partial charge in [0.1, 0.15) is 6.07 Å². The predicted molar refractivity (Wildman–Crippen MR) is 106 cm³/mol. The maximum Gasteiger partial charge on any atom is 0.340 e. The molecule has 1 aliphatic heterocycles. The van der Waals surface area contributed by atoms with Crippen LogP contribution in [0.1, 0.15) is 22.8 Å². The summed E-state index contributed by atoms with van der Waals surface area (Å²) in [7, 11) is 0. The molecular weight excluding hydrogens is 356 g/mol. The van der Waals surface area contributed by atoms with Crippen LogP contribution in [0.5, 0.6) is 0 Å². The highest BCUT2D eigenvalue weighted by molar-refractivity contribution is 5.96. The number of rotatable bonds is 4. The largest absolute Gasteiger partial charge is 0.462 e. The van der Waals surface area contributed by atoms with E-state index in [1.54, 1.807) is 42.2 Å².